The molecule has 0 aliphatic carbocycles. The molecule has 0 saturated heterocycles. The van der Waals surface area contributed by atoms with E-state index in [1.807, 2.05) is 31.2 Å². The van der Waals surface area contributed by atoms with E-state index in [1.165, 1.54) is 0 Å². The number of pyridine rings is 1. The van der Waals surface area contributed by atoms with Crippen molar-refractivity contribution in [1.29, 1.82) is 0 Å². The van der Waals surface area contributed by atoms with Gasteiger partial charge in [-0.2, -0.15) is 0 Å². The number of fused-ring (bicyclic) bond motifs is 1. The van der Waals surface area contributed by atoms with Crippen LogP contribution in [0.2, 0.25) is 0 Å². The molecule has 0 radical (unpaired) electrons. The second kappa shape index (κ2) is 9.91. The van der Waals surface area contributed by atoms with Crippen LogP contribution in [0.4, 0.5) is 10.5 Å². The summed E-state index contributed by atoms with van der Waals surface area (Å²) < 4.78 is 5.60. The van der Waals surface area contributed by atoms with E-state index in [2.05, 4.69) is 40.4 Å². The molecule has 3 rings (SSSR count). The van der Waals surface area contributed by atoms with Gasteiger partial charge in [0.2, 0.25) is 0 Å². The summed E-state index contributed by atoms with van der Waals surface area (Å²) in [7, 11) is 0. The number of hydrogen-bond donors (Lipinski definition) is 2. The summed E-state index contributed by atoms with van der Waals surface area (Å²) in [4.78, 5) is 30.7. The summed E-state index contributed by atoms with van der Waals surface area (Å²) in [5.41, 5.74) is 3.73. The number of hydrogen-bond acceptors (Lipinski definition) is 5. The molecule has 0 spiro atoms. The van der Waals surface area contributed by atoms with Gasteiger partial charge >= 0.3 is 11.7 Å². The monoisotopic (exact) mass is 408 g/mol. The first-order valence-electron chi connectivity index (χ1n) is 10.2. The highest BCUT2D eigenvalue weighted by Gasteiger charge is 2.13. The summed E-state index contributed by atoms with van der Waals surface area (Å²) in [5.74, 6) is 0. The molecule has 2 heterocycles. The predicted molar refractivity (Wildman–Crippen MR) is 119 cm³/mol. The fourth-order valence-corrected chi connectivity index (χ4v) is 3.50. The van der Waals surface area contributed by atoms with Gasteiger partial charge in [0.1, 0.15) is 5.58 Å². The lowest BCUT2D eigenvalue weighted by Crippen LogP contribution is -2.36. The molecule has 7 nitrogen and oxygen atoms in total. The summed E-state index contributed by atoms with van der Waals surface area (Å²) in [5, 5.41) is 6.50. The lowest BCUT2D eigenvalue weighted by atomic mass is 10.0. The van der Waals surface area contributed by atoms with Crippen molar-refractivity contribution in [3.63, 3.8) is 0 Å². The van der Waals surface area contributed by atoms with E-state index >= 15 is 0 Å². The highest BCUT2D eigenvalue weighted by molar-refractivity contribution is 5.84. The average molecular weight is 409 g/mol. The Morgan fingerprint density at radius 1 is 1.10 bits per heavy atom. The predicted octanol–water partition coefficient (Wildman–Crippen LogP) is 3.38. The first-order valence-corrected chi connectivity index (χ1v) is 10.2. The maximum Gasteiger partial charge on any atom is 0.339 e. The average Bonchev–Trinajstić information content (AvgIpc) is 2.76. The van der Waals surface area contributed by atoms with Crippen LogP contribution in [0.1, 0.15) is 30.5 Å². The Morgan fingerprint density at radius 2 is 1.83 bits per heavy atom. The first kappa shape index (κ1) is 21.4. The molecule has 0 fully saturated rings. The Hall–Kier alpha value is -3.35. The van der Waals surface area contributed by atoms with Crippen LogP contribution in [0.5, 0.6) is 0 Å². The lowest BCUT2D eigenvalue weighted by molar-refractivity contribution is 0.240. The zero-order valence-electron chi connectivity index (χ0n) is 17.7. The van der Waals surface area contributed by atoms with E-state index in [4.69, 9.17) is 4.42 Å². The van der Waals surface area contributed by atoms with Gasteiger partial charge in [-0.1, -0.05) is 0 Å². The number of aryl methyl sites for hydroxylation is 1. The number of nitrogens with zero attached hydrogens (tertiary/aromatic N) is 2. The number of nitrogens with one attached hydrogen (secondary N) is 2. The molecular formula is C23H28N4O3. The van der Waals surface area contributed by atoms with Crippen LogP contribution < -0.4 is 21.2 Å². The number of urea groups is 1. The molecule has 158 valence electrons. The third-order valence-corrected chi connectivity index (χ3v) is 5.26. The second-order valence-corrected chi connectivity index (χ2v) is 7.06. The summed E-state index contributed by atoms with van der Waals surface area (Å²) in [6.07, 6.45) is 3.77. The maximum atomic E-state index is 12.5. The zero-order valence-corrected chi connectivity index (χ0v) is 17.7. The van der Waals surface area contributed by atoms with Crippen molar-refractivity contribution in [2.45, 2.75) is 33.7 Å². The minimum atomic E-state index is -0.351. The number of rotatable bonds is 8. The van der Waals surface area contributed by atoms with E-state index < -0.39 is 0 Å². The number of carbonyl (C=O) groups excluding carboxylic acids is 1. The van der Waals surface area contributed by atoms with Crippen LogP contribution >= 0.6 is 0 Å². The fraction of sp³-hybridized carbons (Fsp3) is 0.348. The minimum Gasteiger partial charge on any atom is -0.422 e. The van der Waals surface area contributed by atoms with Crippen LogP contribution in [-0.4, -0.2) is 30.6 Å². The van der Waals surface area contributed by atoms with Crippen molar-refractivity contribution < 1.29 is 9.21 Å². The summed E-state index contributed by atoms with van der Waals surface area (Å²) in [6, 6.07) is 9.38. The number of amides is 2. The molecule has 0 aliphatic rings. The van der Waals surface area contributed by atoms with E-state index in [1.54, 1.807) is 12.4 Å². The van der Waals surface area contributed by atoms with Crippen LogP contribution in [0.15, 0.2) is 51.9 Å². The molecule has 30 heavy (non-hydrogen) atoms. The van der Waals surface area contributed by atoms with Gasteiger partial charge < -0.3 is 20.0 Å². The molecule has 0 atom stereocenters. The van der Waals surface area contributed by atoms with Crippen molar-refractivity contribution in [1.82, 2.24) is 15.6 Å². The van der Waals surface area contributed by atoms with Crippen molar-refractivity contribution in [3.05, 3.63) is 69.8 Å². The Kier molecular flexibility index (Phi) is 7.06. The van der Waals surface area contributed by atoms with Gasteiger partial charge in [-0.25, -0.2) is 9.59 Å². The van der Waals surface area contributed by atoms with E-state index in [-0.39, 0.29) is 11.7 Å². The molecule has 0 unspecified atom stereocenters. The molecule has 2 N–H and O–H groups in total. The third kappa shape index (κ3) is 4.97. The Balaban J connectivity index is 1.65. The molecule has 7 heteroatoms. The SMILES string of the molecule is CCN(CC)c1ccc2c(C)c(CCNC(=O)NCc3ccncc3)c(=O)oc2c1. The fourth-order valence-electron chi connectivity index (χ4n) is 3.50. The van der Waals surface area contributed by atoms with Crippen molar-refractivity contribution in [3.8, 4) is 0 Å². The van der Waals surface area contributed by atoms with Crippen molar-refractivity contribution in [2.75, 3.05) is 24.5 Å². The van der Waals surface area contributed by atoms with Gasteiger partial charge in [-0.05, 0) is 62.6 Å². The van der Waals surface area contributed by atoms with Gasteiger partial charge in [0.25, 0.3) is 0 Å². The van der Waals surface area contributed by atoms with Gasteiger partial charge in [-0.15, -0.1) is 0 Å². The third-order valence-electron chi connectivity index (χ3n) is 5.26. The smallest absolute Gasteiger partial charge is 0.339 e. The highest BCUT2D eigenvalue weighted by atomic mass is 16.4. The molecule has 0 aliphatic heterocycles. The highest BCUT2D eigenvalue weighted by Crippen LogP contribution is 2.25. The number of aromatic nitrogens is 1. The van der Waals surface area contributed by atoms with E-state index in [9.17, 15) is 9.59 Å². The molecular weight excluding hydrogens is 380 g/mol. The Morgan fingerprint density at radius 3 is 2.53 bits per heavy atom. The number of benzene rings is 1. The van der Waals surface area contributed by atoms with Crippen LogP contribution in [-0.2, 0) is 13.0 Å². The van der Waals surface area contributed by atoms with E-state index in [0.717, 1.165) is 35.3 Å². The number of carbonyl (C=O) groups is 1. The van der Waals surface area contributed by atoms with Gasteiger partial charge in [-0.3, -0.25) is 4.98 Å². The first-order chi connectivity index (χ1) is 14.5. The normalized spacial score (nSPS) is 10.8. The van der Waals surface area contributed by atoms with Crippen LogP contribution in [0, 0.1) is 6.92 Å². The largest absolute Gasteiger partial charge is 0.422 e. The molecule has 3 aromatic rings. The molecule has 2 amide bonds. The van der Waals surface area contributed by atoms with Crippen molar-refractivity contribution in [2.24, 2.45) is 0 Å². The molecule has 1 aromatic carbocycles. The number of anilines is 1. The second-order valence-electron chi connectivity index (χ2n) is 7.06. The molecule has 0 saturated carbocycles. The van der Waals surface area contributed by atoms with E-state index in [0.29, 0.717) is 30.7 Å². The topological polar surface area (TPSA) is 87.5 Å². The van der Waals surface area contributed by atoms with Gasteiger partial charge in [0, 0.05) is 61.3 Å². The van der Waals surface area contributed by atoms with Crippen LogP contribution in [0.3, 0.4) is 0 Å². The summed E-state index contributed by atoms with van der Waals surface area (Å²) >= 11 is 0. The van der Waals surface area contributed by atoms with Gasteiger partial charge in [0.15, 0.2) is 0 Å². The van der Waals surface area contributed by atoms with Crippen LogP contribution in [0.25, 0.3) is 11.0 Å². The Labute approximate surface area is 176 Å². The minimum absolute atomic E-state index is 0.279. The van der Waals surface area contributed by atoms with Gasteiger partial charge in [0.05, 0.1) is 0 Å². The Bertz CT molecular complexity index is 1060. The standard InChI is InChI=1S/C23H28N4O3/c1-4-27(5-2)18-6-7-19-16(3)20(22(28)30-21(19)14-18)10-13-25-23(29)26-15-17-8-11-24-12-9-17/h6-9,11-12,14H,4-5,10,13,15H2,1-3H3,(H2,25,26,29). The molecule has 0 bridgehead atoms. The lowest BCUT2D eigenvalue weighted by Gasteiger charge is -2.21. The maximum absolute atomic E-state index is 12.5. The van der Waals surface area contributed by atoms with Crippen molar-refractivity contribution >= 4 is 22.7 Å². The summed E-state index contributed by atoms with van der Waals surface area (Å²) in [6.45, 7) is 8.65. The molecule has 2 aromatic heterocycles. The zero-order chi connectivity index (χ0) is 21.5. The quantitative estimate of drug-likeness (QED) is 0.558.